The van der Waals surface area contributed by atoms with Gasteiger partial charge in [0, 0.05) is 17.6 Å². The summed E-state index contributed by atoms with van der Waals surface area (Å²) in [5.74, 6) is 0.711. The second-order valence-corrected chi connectivity index (χ2v) is 5.73. The van der Waals surface area contributed by atoms with Crippen molar-refractivity contribution in [3.63, 3.8) is 0 Å². The molecule has 0 spiro atoms. The number of rotatable bonds is 6. The van der Waals surface area contributed by atoms with Crippen LogP contribution < -0.4 is 15.4 Å². The number of methoxy groups -OCH3 is 1. The zero-order valence-electron chi connectivity index (χ0n) is 12.9. The maximum atomic E-state index is 11.9. The van der Waals surface area contributed by atoms with E-state index in [9.17, 15) is 9.90 Å². The third kappa shape index (κ3) is 5.81. The highest BCUT2D eigenvalue weighted by molar-refractivity contribution is 6.31. The van der Waals surface area contributed by atoms with Gasteiger partial charge in [0.2, 0.25) is 0 Å². The minimum absolute atomic E-state index is 0.199. The molecule has 0 aliphatic carbocycles. The van der Waals surface area contributed by atoms with Gasteiger partial charge in [0.25, 0.3) is 0 Å². The molecule has 1 rings (SSSR count). The fourth-order valence-electron chi connectivity index (χ4n) is 2.03. The molecule has 5 nitrogen and oxygen atoms in total. The maximum Gasteiger partial charge on any atom is 0.319 e. The van der Waals surface area contributed by atoms with Crippen molar-refractivity contribution in [2.45, 2.75) is 33.3 Å². The zero-order valence-corrected chi connectivity index (χ0v) is 13.6. The summed E-state index contributed by atoms with van der Waals surface area (Å²) in [7, 11) is 1.52. The number of aliphatic hydroxyl groups excluding tert-OH is 1. The molecule has 0 aromatic heterocycles. The average molecular weight is 315 g/mol. The molecule has 0 saturated carbocycles. The van der Waals surface area contributed by atoms with Crippen LogP contribution in [0.4, 0.5) is 10.5 Å². The molecular weight excluding hydrogens is 292 g/mol. The van der Waals surface area contributed by atoms with Crippen LogP contribution in [-0.2, 0) is 0 Å². The Kier molecular flexibility index (Phi) is 6.78. The van der Waals surface area contributed by atoms with Gasteiger partial charge < -0.3 is 20.5 Å². The molecule has 0 aliphatic rings. The number of aryl methyl sites for hydroxylation is 1. The molecule has 2 atom stereocenters. The zero-order chi connectivity index (χ0) is 16.0. The Morgan fingerprint density at radius 1 is 1.43 bits per heavy atom. The highest BCUT2D eigenvalue weighted by Crippen LogP contribution is 2.30. The molecule has 6 heteroatoms. The third-order valence-corrected chi connectivity index (χ3v) is 3.49. The van der Waals surface area contributed by atoms with Crippen molar-refractivity contribution in [3.8, 4) is 5.75 Å². The number of amides is 2. The van der Waals surface area contributed by atoms with E-state index in [2.05, 4.69) is 10.6 Å². The van der Waals surface area contributed by atoms with Crippen molar-refractivity contribution in [1.82, 2.24) is 5.32 Å². The lowest BCUT2D eigenvalue weighted by Gasteiger charge is -2.16. The van der Waals surface area contributed by atoms with Gasteiger partial charge in [-0.25, -0.2) is 4.79 Å². The lowest BCUT2D eigenvalue weighted by atomic mass is 10.1. The van der Waals surface area contributed by atoms with Gasteiger partial charge in [-0.15, -0.1) is 0 Å². The molecule has 0 aliphatic heterocycles. The molecule has 0 radical (unpaired) electrons. The highest BCUT2D eigenvalue weighted by Gasteiger charge is 2.12. The normalized spacial score (nSPS) is 13.4. The van der Waals surface area contributed by atoms with Gasteiger partial charge in [-0.05, 0) is 37.8 Å². The predicted molar refractivity (Wildman–Crippen MR) is 85.2 cm³/mol. The van der Waals surface area contributed by atoms with E-state index in [-0.39, 0.29) is 18.1 Å². The molecule has 21 heavy (non-hydrogen) atoms. The van der Waals surface area contributed by atoms with Gasteiger partial charge in [-0.3, -0.25) is 0 Å². The van der Waals surface area contributed by atoms with E-state index in [1.807, 2.05) is 13.8 Å². The number of halogens is 1. The molecule has 0 saturated heterocycles. The second-order valence-electron chi connectivity index (χ2n) is 5.33. The van der Waals surface area contributed by atoms with E-state index in [1.165, 1.54) is 7.11 Å². The number of hydrogen-bond donors (Lipinski definition) is 3. The molecule has 1 aromatic rings. The lowest BCUT2D eigenvalue weighted by Crippen LogP contribution is -2.33. The summed E-state index contributed by atoms with van der Waals surface area (Å²) in [4.78, 5) is 11.9. The average Bonchev–Trinajstić information content (AvgIpc) is 2.39. The van der Waals surface area contributed by atoms with E-state index in [1.54, 1.807) is 19.1 Å². The van der Waals surface area contributed by atoms with Gasteiger partial charge in [0.15, 0.2) is 0 Å². The molecule has 0 heterocycles. The molecule has 0 unspecified atom stereocenters. The highest BCUT2D eigenvalue weighted by atomic mass is 35.5. The Labute approximate surface area is 130 Å². The summed E-state index contributed by atoms with van der Waals surface area (Å²) in [6, 6.07) is 3.12. The number of nitrogens with one attached hydrogen (secondary N) is 2. The monoisotopic (exact) mass is 314 g/mol. The Hall–Kier alpha value is -1.46. The first kappa shape index (κ1) is 17.6. The van der Waals surface area contributed by atoms with Gasteiger partial charge in [0.05, 0.1) is 18.9 Å². The largest absolute Gasteiger partial charge is 0.495 e. The summed E-state index contributed by atoms with van der Waals surface area (Å²) in [6.07, 6.45) is 0.271. The van der Waals surface area contributed by atoms with E-state index < -0.39 is 0 Å². The van der Waals surface area contributed by atoms with Crippen molar-refractivity contribution in [1.29, 1.82) is 0 Å². The van der Waals surface area contributed by atoms with Gasteiger partial charge in [0.1, 0.15) is 5.75 Å². The molecule has 1 aromatic carbocycles. The van der Waals surface area contributed by atoms with Crippen LogP contribution in [0.5, 0.6) is 5.75 Å². The Morgan fingerprint density at radius 3 is 2.67 bits per heavy atom. The van der Waals surface area contributed by atoms with Gasteiger partial charge >= 0.3 is 6.03 Å². The number of hydrogen-bond acceptors (Lipinski definition) is 3. The molecular formula is C15H23ClN2O3. The molecule has 2 amide bonds. The predicted octanol–water partition coefficient (Wildman–Crippen LogP) is 3.19. The van der Waals surface area contributed by atoms with E-state index >= 15 is 0 Å². The number of carbonyl (C=O) groups excluding carboxylic acids is 1. The van der Waals surface area contributed by atoms with Crippen LogP contribution in [0, 0.1) is 12.8 Å². The number of urea groups is 1. The minimum atomic E-state index is -0.371. The smallest absolute Gasteiger partial charge is 0.319 e. The van der Waals surface area contributed by atoms with E-state index in [0.717, 1.165) is 5.56 Å². The van der Waals surface area contributed by atoms with E-state index in [0.29, 0.717) is 29.4 Å². The van der Waals surface area contributed by atoms with Crippen LogP contribution in [0.2, 0.25) is 5.02 Å². The van der Waals surface area contributed by atoms with Gasteiger partial charge in [-0.1, -0.05) is 18.5 Å². The summed E-state index contributed by atoms with van der Waals surface area (Å²) in [6.45, 7) is 6.05. The summed E-state index contributed by atoms with van der Waals surface area (Å²) in [5.41, 5.74) is 1.43. The van der Waals surface area contributed by atoms with Crippen LogP contribution >= 0.6 is 11.6 Å². The molecule has 0 bridgehead atoms. The van der Waals surface area contributed by atoms with Crippen molar-refractivity contribution in [2.24, 2.45) is 5.92 Å². The maximum absolute atomic E-state index is 11.9. The first-order chi connectivity index (χ1) is 9.83. The summed E-state index contributed by atoms with van der Waals surface area (Å²) < 4.78 is 5.20. The Morgan fingerprint density at radius 2 is 2.10 bits per heavy atom. The van der Waals surface area contributed by atoms with Gasteiger partial charge in [-0.2, -0.15) is 0 Å². The summed E-state index contributed by atoms with van der Waals surface area (Å²) >= 11 is 6.02. The number of benzene rings is 1. The lowest BCUT2D eigenvalue weighted by molar-refractivity contribution is 0.163. The fourth-order valence-corrected chi connectivity index (χ4v) is 2.18. The number of carbonyl (C=O) groups is 1. The fraction of sp³-hybridized carbons (Fsp3) is 0.533. The number of anilines is 1. The first-order valence-corrected chi connectivity index (χ1v) is 7.28. The Balaban J connectivity index is 2.61. The van der Waals surface area contributed by atoms with Crippen LogP contribution in [0.1, 0.15) is 25.8 Å². The van der Waals surface area contributed by atoms with Crippen LogP contribution in [0.15, 0.2) is 12.1 Å². The minimum Gasteiger partial charge on any atom is -0.495 e. The quantitative estimate of drug-likeness (QED) is 0.755. The SMILES string of the molecule is COc1cc(Cl)c(C)cc1NC(=O)NC[C@H](C)C[C@H](C)O. The standard InChI is InChI=1S/C15H23ClN2O3/c1-9(5-11(3)19)8-17-15(20)18-13-6-10(2)12(16)7-14(13)21-4/h6-7,9,11,19H,5,8H2,1-4H3,(H2,17,18,20)/t9-,11+/m1/s1. The summed E-state index contributed by atoms with van der Waals surface area (Å²) in [5, 5.41) is 15.4. The molecule has 118 valence electrons. The van der Waals surface area contributed by atoms with Crippen molar-refractivity contribution < 1.29 is 14.6 Å². The molecule has 3 N–H and O–H groups in total. The molecule has 0 fully saturated rings. The van der Waals surface area contributed by atoms with Crippen LogP contribution in [0.3, 0.4) is 0 Å². The first-order valence-electron chi connectivity index (χ1n) is 6.90. The number of ether oxygens (including phenoxy) is 1. The third-order valence-electron chi connectivity index (χ3n) is 3.08. The second kappa shape index (κ2) is 8.10. The van der Waals surface area contributed by atoms with Crippen molar-refractivity contribution in [2.75, 3.05) is 19.0 Å². The van der Waals surface area contributed by atoms with Crippen molar-refractivity contribution >= 4 is 23.3 Å². The number of aliphatic hydroxyl groups is 1. The topological polar surface area (TPSA) is 70.6 Å². The van der Waals surface area contributed by atoms with Crippen LogP contribution in [0.25, 0.3) is 0 Å². The van der Waals surface area contributed by atoms with Crippen molar-refractivity contribution in [3.05, 3.63) is 22.7 Å². The van der Waals surface area contributed by atoms with Crippen LogP contribution in [-0.4, -0.2) is 30.9 Å². The van der Waals surface area contributed by atoms with E-state index in [4.69, 9.17) is 16.3 Å². The Bertz CT molecular complexity index is 492.